The average Bonchev–Trinajstić information content (AvgIpc) is 2.78. The second-order valence-corrected chi connectivity index (χ2v) is 3.24. The number of hydrogen-bond acceptors (Lipinski definition) is 4. The quantitative estimate of drug-likeness (QED) is 0.719. The van der Waals surface area contributed by atoms with Crippen LogP contribution in [0.3, 0.4) is 0 Å². The molecule has 5 nitrogen and oxygen atoms in total. The van der Waals surface area contributed by atoms with Crippen LogP contribution in [-0.4, -0.2) is 28.1 Å². The van der Waals surface area contributed by atoms with Crippen LogP contribution in [0.1, 0.15) is 5.69 Å². The Morgan fingerprint density at radius 3 is 2.81 bits per heavy atom. The van der Waals surface area contributed by atoms with Gasteiger partial charge < -0.3 is 4.74 Å². The molecule has 1 aromatic carbocycles. The Morgan fingerprint density at radius 2 is 2.12 bits per heavy atom. The zero-order valence-corrected chi connectivity index (χ0v) is 8.83. The molecule has 2 aromatic rings. The number of ether oxygens (including phenoxy) is 1. The predicted octanol–water partition coefficient (Wildman–Crippen LogP) is 0.983. The minimum Gasteiger partial charge on any atom is -0.469 e. The number of nitrogens with zero attached hydrogens (tertiary/aromatic N) is 3. The fourth-order valence-corrected chi connectivity index (χ4v) is 1.31. The van der Waals surface area contributed by atoms with E-state index in [-0.39, 0.29) is 12.4 Å². The zero-order valence-electron chi connectivity index (χ0n) is 8.83. The lowest BCUT2D eigenvalue weighted by atomic mass is 10.3. The van der Waals surface area contributed by atoms with E-state index in [1.165, 1.54) is 7.11 Å². The van der Waals surface area contributed by atoms with E-state index in [1.807, 2.05) is 30.3 Å². The minimum atomic E-state index is -0.319. The van der Waals surface area contributed by atoms with E-state index >= 15 is 0 Å². The lowest BCUT2D eigenvalue weighted by molar-refractivity contribution is -0.139. The monoisotopic (exact) mass is 217 g/mol. The zero-order chi connectivity index (χ0) is 11.4. The summed E-state index contributed by atoms with van der Waals surface area (Å²) in [5, 5.41) is 7.83. The van der Waals surface area contributed by atoms with E-state index in [9.17, 15) is 4.79 Å². The number of methoxy groups -OCH3 is 1. The highest BCUT2D eigenvalue weighted by atomic mass is 16.5. The molecule has 0 atom stereocenters. The van der Waals surface area contributed by atoms with Crippen LogP contribution in [0.2, 0.25) is 0 Å². The molecular formula is C11H11N3O2. The fourth-order valence-electron chi connectivity index (χ4n) is 1.31. The van der Waals surface area contributed by atoms with Gasteiger partial charge in [0.1, 0.15) is 0 Å². The number of carbonyl (C=O) groups excluding carboxylic acids is 1. The van der Waals surface area contributed by atoms with Crippen LogP contribution in [0.15, 0.2) is 36.5 Å². The van der Waals surface area contributed by atoms with Gasteiger partial charge in [0.2, 0.25) is 0 Å². The van der Waals surface area contributed by atoms with Crippen molar-refractivity contribution in [3.05, 3.63) is 42.2 Å². The topological polar surface area (TPSA) is 57.0 Å². The number of benzene rings is 1. The van der Waals surface area contributed by atoms with Crippen LogP contribution in [0, 0.1) is 0 Å². The molecule has 0 aliphatic rings. The summed E-state index contributed by atoms with van der Waals surface area (Å²) in [7, 11) is 1.35. The van der Waals surface area contributed by atoms with Gasteiger partial charge in [-0.3, -0.25) is 4.79 Å². The summed E-state index contributed by atoms with van der Waals surface area (Å²) in [5.41, 5.74) is 1.50. The number of para-hydroxylation sites is 1. The van der Waals surface area contributed by atoms with E-state index in [0.717, 1.165) is 5.69 Å². The Morgan fingerprint density at radius 1 is 1.38 bits per heavy atom. The third-order valence-corrected chi connectivity index (χ3v) is 2.11. The molecule has 5 heteroatoms. The Hall–Kier alpha value is -2.17. The molecule has 16 heavy (non-hydrogen) atoms. The third-order valence-electron chi connectivity index (χ3n) is 2.11. The van der Waals surface area contributed by atoms with Crippen molar-refractivity contribution < 1.29 is 9.53 Å². The molecule has 2 rings (SSSR count). The molecular weight excluding hydrogens is 206 g/mol. The number of aromatic nitrogens is 3. The lowest BCUT2D eigenvalue weighted by Gasteiger charge is -1.97. The van der Waals surface area contributed by atoms with Crippen LogP contribution in [0.25, 0.3) is 5.69 Å². The smallest absolute Gasteiger partial charge is 0.311 e. The fraction of sp³-hybridized carbons (Fsp3) is 0.182. The maximum Gasteiger partial charge on any atom is 0.311 e. The standard InChI is InChI=1S/C11H11N3O2/c1-16-11(15)7-9-8-14(13-12-9)10-5-3-2-4-6-10/h2-6,8H,7H2,1H3. The van der Waals surface area contributed by atoms with Crippen LogP contribution in [-0.2, 0) is 16.0 Å². The number of carbonyl (C=O) groups is 1. The minimum absolute atomic E-state index is 0.142. The van der Waals surface area contributed by atoms with Crippen molar-refractivity contribution in [2.24, 2.45) is 0 Å². The van der Waals surface area contributed by atoms with Crippen LogP contribution in [0.5, 0.6) is 0 Å². The maximum absolute atomic E-state index is 11.0. The highest BCUT2D eigenvalue weighted by Gasteiger charge is 2.07. The molecule has 0 aliphatic carbocycles. The van der Waals surface area contributed by atoms with E-state index in [4.69, 9.17) is 0 Å². The summed E-state index contributed by atoms with van der Waals surface area (Å²) in [4.78, 5) is 11.0. The van der Waals surface area contributed by atoms with Crippen molar-refractivity contribution in [3.63, 3.8) is 0 Å². The Labute approximate surface area is 92.7 Å². The maximum atomic E-state index is 11.0. The molecule has 0 saturated carbocycles. The van der Waals surface area contributed by atoms with Gasteiger partial charge in [-0.15, -0.1) is 5.10 Å². The lowest BCUT2D eigenvalue weighted by Crippen LogP contribution is -2.04. The summed E-state index contributed by atoms with van der Waals surface area (Å²) in [5.74, 6) is -0.319. The summed E-state index contributed by atoms with van der Waals surface area (Å²) < 4.78 is 6.18. The predicted molar refractivity (Wildman–Crippen MR) is 57.1 cm³/mol. The van der Waals surface area contributed by atoms with Gasteiger partial charge in [0.15, 0.2) is 0 Å². The normalized spacial score (nSPS) is 10.1. The Balaban J connectivity index is 2.17. The summed E-state index contributed by atoms with van der Waals surface area (Å²) in [6.07, 6.45) is 1.86. The average molecular weight is 217 g/mol. The van der Waals surface area contributed by atoms with Gasteiger partial charge in [-0.25, -0.2) is 4.68 Å². The van der Waals surface area contributed by atoms with Crippen molar-refractivity contribution in [1.29, 1.82) is 0 Å². The Kier molecular flexibility index (Phi) is 2.95. The van der Waals surface area contributed by atoms with Gasteiger partial charge in [0.05, 0.1) is 31.1 Å². The molecule has 0 radical (unpaired) electrons. The molecule has 0 aliphatic heterocycles. The van der Waals surface area contributed by atoms with Crippen molar-refractivity contribution in [2.45, 2.75) is 6.42 Å². The highest BCUT2D eigenvalue weighted by molar-refractivity contribution is 5.71. The van der Waals surface area contributed by atoms with Gasteiger partial charge in [0, 0.05) is 0 Å². The number of rotatable bonds is 3. The summed E-state index contributed by atoms with van der Waals surface area (Å²) in [6, 6.07) is 9.58. The SMILES string of the molecule is COC(=O)Cc1cn(-c2ccccc2)nn1. The third kappa shape index (κ3) is 2.25. The van der Waals surface area contributed by atoms with Crippen molar-refractivity contribution in [1.82, 2.24) is 15.0 Å². The van der Waals surface area contributed by atoms with Crippen molar-refractivity contribution in [3.8, 4) is 5.69 Å². The van der Waals surface area contributed by atoms with E-state index in [1.54, 1.807) is 10.9 Å². The molecule has 0 spiro atoms. The van der Waals surface area contributed by atoms with E-state index < -0.39 is 0 Å². The first-order valence-electron chi connectivity index (χ1n) is 4.83. The van der Waals surface area contributed by atoms with Gasteiger partial charge >= 0.3 is 5.97 Å². The Bertz CT molecular complexity index is 479. The first-order valence-corrected chi connectivity index (χ1v) is 4.83. The number of esters is 1. The number of hydrogen-bond donors (Lipinski definition) is 0. The molecule has 0 bridgehead atoms. The molecule has 0 unspecified atom stereocenters. The molecule has 1 heterocycles. The van der Waals surface area contributed by atoms with E-state index in [2.05, 4.69) is 15.0 Å². The molecule has 0 amide bonds. The molecule has 0 saturated heterocycles. The molecule has 0 fully saturated rings. The van der Waals surface area contributed by atoms with Gasteiger partial charge in [0.25, 0.3) is 0 Å². The van der Waals surface area contributed by atoms with Crippen molar-refractivity contribution in [2.75, 3.05) is 7.11 Å². The second-order valence-electron chi connectivity index (χ2n) is 3.24. The first-order chi connectivity index (χ1) is 7.79. The largest absolute Gasteiger partial charge is 0.469 e. The van der Waals surface area contributed by atoms with Gasteiger partial charge in [-0.2, -0.15) is 0 Å². The molecule has 0 N–H and O–H groups in total. The second kappa shape index (κ2) is 4.57. The van der Waals surface area contributed by atoms with Crippen LogP contribution >= 0.6 is 0 Å². The van der Waals surface area contributed by atoms with Gasteiger partial charge in [-0.05, 0) is 12.1 Å². The summed E-state index contributed by atoms with van der Waals surface area (Å²) >= 11 is 0. The highest BCUT2D eigenvalue weighted by Crippen LogP contribution is 2.06. The molecule has 1 aromatic heterocycles. The van der Waals surface area contributed by atoms with E-state index in [0.29, 0.717) is 5.69 Å². The van der Waals surface area contributed by atoms with Crippen LogP contribution < -0.4 is 0 Å². The van der Waals surface area contributed by atoms with Gasteiger partial charge in [-0.1, -0.05) is 23.4 Å². The first kappa shape index (κ1) is 10.4. The van der Waals surface area contributed by atoms with Crippen LogP contribution in [0.4, 0.5) is 0 Å². The molecule has 82 valence electrons. The van der Waals surface area contributed by atoms with Crippen molar-refractivity contribution >= 4 is 5.97 Å². The summed E-state index contributed by atoms with van der Waals surface area (Å²) in [6.45, 7) is 0.